The minimum absolute atomic E-state index is 0.0112. The van der Waals surface area contributed by atoms with Crippen LogP contribution in [0.15, 0.2) is 6.07 Å². The first-order valence-electron chi connectivity index (χ1n) is 6.82. The van der Waals surface area contributed by atoms with E-state index in [1.165, 1.54) is 0 Å². The fourth-order valence-electron chi connectivity index (χ4n) is 2.53. The van der Waals surface area contributed by atoms with Crippen LogP contribution in [0.3, 0.4) is 0 Å². The highest BCUT2D eigenvalue weighted by atomic mass is 16.4. The summed E-state index contributed by atoms with van der Waals surface area (Å²) in [7, 11) is 0. The number of nitrogens with one attached hydrogen (secondary N) is 1. The molecule has 110 valence electrons. The van der Waals surface area contributed by atoms with Crippen LogP contribution < -0.4 is 5.32 Å². The molecule has 0 fully saturated rings. The predicted octanol–water partition coefficient (Wildman–Crippen LogP) is 1.26. The van der Waals surface area contributed by atoms with Gasteiger partial charge in [-0.05, 0) is 31.7 Å². The molecule has 0 bridgehead atoms. The topological polar surface area (TPSA) is 104 Å². The van der Waals surface area contributed by atoms with Crippen LogP contribution in [0, 0.1) is 0 Å². The lowest BCUT2D eigenvalue weighted by atomic mass is 10.1. The Morgan fingerprint density at radius 2 is 2.25 bits per heavy atom. The minimum Gasteiger partial charge on any atom is -0.480 e. The molecule has 0 saturated carbocycles. The van der Waals surface area contributed by atoms with Crippen LogP contribution in [0.5, 0.6) is 0 Å². The smallest absolute Gasteiger partial charge is 0.356 e. The number of aromatic nitrogens is 2. The van der Waals surface area contributed by atoms with Crippen LogP contribution in [0.4, 0.5) is 0 Å². The Labute approximate surface area is 116 Å². The maximum atomic E-state index is 11.1. The average Bonchev–Trinajstić information content (AvgIpc) is 2.74. The summed E-state index contributed by atoms with van der Waals surface area (Å²) in [5, 5.41) is 25.3. The second kappa shape index (κ2) is 6.04. The van der Waals surface area contributed by atoms with Crippen molar-refractivity contribution in [2.75, 3.05) is 0 Å². The molecule has 1 aliphatic heterocycles. The molecule has 0 amide bonds. The first-order valence-corrected chi connectivity index (χ1v) is 6.82. The Balaban J connectivity index is 2.26. The van der Waals surface area contributed by atoms with Crippen LogP contribution in [0.25, 0.3) is 0 Å². The lowest BCUT2D eigenvalue weighted by Gasteiger charge is -2.21. The molecule has 7 heteroatoms. The number of nitrogens with zero attached hydrogens (tertiary/aromatic N) is 2. The van der Waals surface area contributed by atoms with Crippen LogP contribution in [0.1, 0.15) is 54.8 Å². The van der Waals surface area contributed by atoms with Gasteiger partial charge in [0, 0.05) is 12.6 Å². The van der Waals surface area contributed by atoms with E-state index < -0.39 is 18.0 Å². The Bertz CT molecular complexity index is 512. The molecule has 7 nitrogen and oxygen atoms in total. The van der Waals surface area contributed by atoms with Gasteiger partial charge in [0.25, 0.3) is 0 Å². The summed E-state index contributed by atoms with van der Waals surface area (Å²) in [6.45, 7) is 2.48. The number of aromatic carboxylic acids is 1. The number of hydrogen-bond acceptors (Lipinski definition) is 4. The van der Waals surface area contributed by atoms with E-state index in [9.17, 15) is 9.59 Å². The van der Waals surface area contributed by atoms with Gasteiger partial charge >= 0.3 is 11.9 Å². The van der Waals surface area contributed by atoms with Crippen molar-refractivity contribution in [1.29, 1.82) is 0 Å². The van der Waals surface area contributed by atoms with Crippen molar-refractivity contribution >= 4 is 11.9 Å². The molecule has 0 aromatic carbocycles. The molecule has 0 saturated heterocycles. The Morgan fingerprint density at radius 3 is 2.85 bits per heavy atom. The van der Waals surface area contributed by atoms with Gasteiger partial charge in [-0.2, -0.15) is 5.10 Å². The van der Waals surface area contributed by atoms with Gasteiger partial charge in [-0.1, -0.05) is 6.92 Å². The lowest BCUT2D eigenvalue weighted by Crippen LogP contribution is -2.39. The minimum atomic E-state index is -1.06. The molecule has 1 aromatic heterocycles. The van der Waals surface area contributed by atoms with E-state index in [2.05, 4.69) is 10.4 Å². The number of carboxylic acids is 2. The third kappa shape index (κ3) is 2.98. The molecule has 0 spiro atoms. The van der Waals surface area contributed by atoms with Crippen LogP contribution >= 0.6 is 0 Å². The van der Waals surface area contributed by atoms with Crippen molar-refractivity contribution in [3.05, 3.63) is 17.5 Å². The molecule has 0 radical (unpaired) electrons. The molecule has 2 unspecified atom stereocenters. The van der Waals surface area contributed by atoms with Crippen LogP contribution in [-0.4, -0.2) is 38.0 Å². The largest absolute Gasteiger partial charge is 0.480 e. The van der Waals surface area contributed by atoms with E-state index in [1.807, 2.05) is 6.92 Å². The van der Waals surface area contributed by atoms with Crippen LogP contribution in [-0.2, 0) is 11.3 Å². The second-order valence-electron chi connectivity index (χ2n) is 5.00. The third-order valence-corrected chi connectivity index (χ3v) is 3.61. The Hall–Kier alpha value is -1.89. The summed E-state index contributed by atoms with van der Waals surface area (Å²) >= 11 is 0. The van der Waals surface area contributed by atoms with Gasteiger partial charge in [0.1, 0.15) is 6.04 Å². The summed E-state index contributed by atoms with van der Waals surface area (Å²) < 4.78 is 1.68. The van der Waals surface area contributed by atoms with Crippen molar-refractivity contribution in [1.82, 2.24) is 15.1 Å². The number of carbonyl (C=O) groups is 2. The summed E-state index contributed by atoms with van der Waals surface area (Å²) in [5.41, 5.74) is 0.775. The molecule has 1 aromatic rings. The number of fused-ring (bicyclic) bond motifs is 1. The second-order valence-corrected chi connectivity index (χ2v) is 5.00. The monoisotopic (exact) mass is 281 g/mol. The zero-order valence-corrected chi connectivity index (χ0v) is 11.4. The number of aliphatic carboxylic acids is 1. The Morgan fingerprint density at radius 1 is 1.50 bits per heavy atom. The zero-order valence-electron chi connectivity index (χ0n) is 11.4. The molecule has 20 heavy (non-hydrogen) atoms. The molecule has 0 aliphatic carbocycles. The quantitative estimate of drug-likeness (QED) is 0.750. The molecule has 2 rings (SSSR count). The summed E-state index contributed by atoms with van der Waals surface area (Å²) in [4.78, 5) is 22.1. The highest BCUT2D eigenvalue weighted by molar-refractivity contribution is 5.85. The van der Waals surface area contributed by atoms with Gasteiger partial charge in [0.15, 0.2) is 5.69 Å². The first kappa shape index (κ1) is 14.5. The summed E-state index contributed by atoms with van der Waals surface area (Å²) in [5.74, 6) is -1.95. The summed E-state index contributed by atoms with van der Waals surface area (Å²) in [6, 6.07) is 0.744. The van der Waals surface area contributed by atoms with E-state index in [1.54, 1.807) is 10.7 Å². The van der Waals surface area contributed by atoms with E-state index in [-0.39, 0.29) is 11.7 Å². The Kier molecular flexibility index (Phi) is 4.39. The van der Waals surface area contributed by atoms with Gasteiger partial charge in [-0.25, -0.2) is 4.79 Å². The standard InChI is InChI=1S/C13H19N3O4/c1-2-8(12(17)18)14-9-5-3-4-6-16-11(9)7-10(15-16)13(19)20/h7-9,14H,2-6H2,1H3,(H,17,18)(H,19,20). The van der Waals surface area contributed by atoms with Gasteiger partial charge in [-0.3, -0.25) is 14.8 Å². The molecule has 1 aliphatic rings. The first-order chi connectivity index (χ1) is 9.52. The highest BCUT2D eigenvalue weighted by Gasteiger charge is 2.26. The van der Waals surface area contributed by atoms with Crippen molar-refractivity contribution in [3.8, 4) is 0 Å². The van der Waals surface area contributed by atoms with Gasteiger partial charge < -0.3 is 10.2 Å². The van der Waals surface area contributed by atoms with Crippen LogP contribution in [0.2, 0.25) is 0 Å². The normalized spacial score (nSPS) is 19.9. The molecule has 3 N–H and O–H groups in total. The van der Waals surface area contributed by atoms with Crippen molar-refractivity contribution in [2.24, 2.45) is 0 Å². The number of carboxylic acid groups (broad SMARTS) is 2. The number of aryl methyl sites for hydroxylation is 1. The van der Waals surface area contributed by atoms with Gasteiger partial charge in [-0.15, -0.1) is 0 Å². The number of hydrogen-bond donors (Lipinski definition) is 3. The average molecular weight is 281 g/mol. The lowest BCUT2D eigenvalue weighted by molar-refractivity contribution is -0.139. The number of rotatable bonds is 5. The predicted molar refractivity (Wildman–Crippen MR) is 70.6 cm³/mol. The van der Waals surface area contributed by atoms with Gasteiger partial charge in [0.2, 0.25) is 0 Å². The fourth-order valence-corrected chi connectivity index (χ4v) is 2.53. The van der Waals surface area contributed by atoms with E-state index >= 15 is 0 Å². The van der Waals surface area contributed by atoms with Crippen molar-refractivity contribution in [2.45, 2.75) is 51.2 Å². The third-order valence-electron chi connectivity index (χ3n) is 3.61. The van der Waals surface area contributed by atoms with Crippen molar-refractivity contribution in [3.63, 3.8) is 0 Å². The summed E-state index contributed by atoms with van der Waals surface area (Å²) in [6.07, 6.45) is 3.13. The molecular weight excluding hydrogens is 262 g/mol. The fraction of sp³-hybridized carbons (Fsp3) is 0.615. The molecular formula is C13H19N3O4. The molecule has 2 atom stereocenters. The maximum absolute atomic E-state index is 11.1. The van der Waals surface area contributed by atoms with Crippen molar-refractivity contribution < 1.29 is 19.8 Å². The van der Waals surface area contributed by atoms with E-state index in [0.717, 1.165) is 25.0 Å². The van der Waals surface area contributed by atoms with E-state index in [4.69, 9.17) is 10.2 Å². The zero-order chi connectivity index (χ0) is 14.7. The van der Waals surface area contributed by atoms with E-state index in [0.29, 0.717) is 13.0 Å². The maximum Gasteiger partial charge on any atom is 0.356 e. The highest BCUT2D eigenvalue weighted by Crippen LogP contribution is 2.25. The SMILES string of the molecule is CCC(NC1CCCCn2nc(C(=O)O)cc21)C(=O)O. The van der Waals surface area contributed by atoms with Gasteiger partial charge in [0.05, 0.1) is 5.69 Å². The molecule has 2 heterocycles.